The van der Waals surface area contributed by atoms with Gasteiger partial charge in [0.15, 0.2) is 0 Å². The molecule has 5 heteroatoms. The van der Waals surface area contributed by atoms with Crippen LogP contribution in [-0.4, -0.2) is 21.4 Å². The Hall–Kier alpha value is -2.04. The SMILES string of the molecule is Cc1ccccc1OCCc1nnc(N)n1C. The van der Waals surface area contributed by atoms with Gasteiger partial charge in [0.1, 0.15) is 11.6 Å². The van der Waals surface area contributed by atoms with Crippen molar-refractivity contribution in [2.45, 2.75) is 13.3 Å². The summed E-state index contributed by atoms with van der Waals surface area (Å²) in [7, 11) is 1.85. The molecule has 5 nitrogen and oxygen atoms in total. The first-order valence-electron chi connectivity index (χ1n) is 5.50. The van der Waals surface area contributed by atoms with Crippen molar-refractivity contribution in [2.24, 2.45) is 7.05 Å². The number of rotatable bonds is 4. The Labute approximate surface area is 100 Å². The molecule has 0 bridgehead atoms. The number of aryl methyl sites for hydroxylation is 1. The van der Waals surface area contributed by atoms with E-state index in [0.29, 0.717) is 19.0 Å². The molecule has 1 heterocycles. The third-order valence-corrected chi connectivity index (χ3v) is 2.68. The lowest BCUT2D eigenvalue weighted by atomic mass is 10.2. The monoisotopic (exact) mass is 232 g/mol. The molecule has 0 saturated heterocycles. The van der Waals surface area contributed by atoms with Crippen molar-refractivity contribution in [1.82, 2.24) is 14.8 Å². The first kappa shape index (κ1) is 11.4. The van der Waals surface area contributed by atoms with E-state index in [9.17, 15) is 0 Å². The van der Waals surface area contributed by atoms with E-state index in [2.05, 4.69) is 10.2 Å². The summed E-state index contributed by atoms with van der Waals surface area (Å²) in [6.45, 7) is 2.59. The minimum Gasteiger partial charge on any atom is -0.493 e. The van der Waals surface area contributed by atoms with Crippen molar-refractivity contribution >= 4 is 5.95 Å². The van der Waals surface area contributed by atoms with Crippen LogP contribution in [0, 0.1) is 6.92 Å². The van der Waals surface area contributed by atoms with Crippen molar-refractivity contribution in [3.63, 3.8) is 0 Å². The van der Waals surface area contributed by atoms with E-state index in [4.69, 9.17) is 10.5 Å². The Morgan fingerprint density at radius 1 is 1.29 bits per heavy atom. The quantitative estimate of drug-likeness (QED) is 0.863. The predicted molar refractivity (Wildman–Crippen MR) is 65.8 cm³/mol. The Morgan fingerprint density at radius 3 is 2.71 bits per heavy atom. The van der Waals surface area contributed by atoms with Gasteiger partial charge < -0.3 is 15.0 Å². The maximum atomic E-state index is 5.68. The van der Waals surface area contributed by atoms with Crippen LogP contribution in [0.1, 0.15) is 11.4 Å². The molecule has 0 aliphatic heterocycles. The number of nitrogens with zero attached hydrogens (tertiary/aromatic N) is 3. The van der Waals surface area contributed by atoms with Crippen LogP contribution in [0.3, 0.4) is 0 Å². The number of ether oxygens (including phenoxy) is 1. The summed E-state index contributed by atoms with van der Waals surface area (Å²) in [5, 5.41) is 7.77. The fourth-order valence-corrected chi connectivity index (χ4v) is 1.56. The van der Waals surface area contributed by atoms with E-state index in [1.165, 1.54) is 0 Å². The number of benzene rings is 1. The van der Waals surface area contributed by atoms with Gasteiger partial charge in [0, 0.05) is 13.5 Å². The average Bonchev–Trinajstić information content (AvgIpc) is 2.63. The maximum absolute atomic E-state index is 5.68. The second kappa shape index (κ2) is 4.86. The molecule has 1 aromatic carbocycles. The van der Waals surface area contributed by atoms with Crippen molar-refractivity contribution < 1.29 is 4.74 Å². The van der Waals surface area contributed by atoms with E-state index in [0.717, 1.165) is 17.1 Å². The lowest BCUT2D eigenvalue weighted by molar-refractivity contribution is 0.315. The minimum absolute atomic E-state index is 0.427. The van der Waals surface area contributed by atoms with Crippen LogP contribution >= 0.6 is 0 Å². The van der Waals surface area contributed by atoms with Gasteiger partial charge in [-0.25, -0.2) is 0 Å². The standard InChI is InChI=1S/C12H16N4O/c1-9-5-3-4-6-10(9)17-8-7-11-14-15-12(13)16(11)2/h3-6H,7-8H2,1-2H3,(H2,13,15). The zero-order valence-electron chi connectivity index (χ0n) is 10.1. The Morgan fingerprint density at radius 2 is 2.06 bits per heavy atom. The molecular formula is C12H16N4O. The van der Waals surface area contributed by atoms with Gasteiger partial charge in [-0.05, 0) is 18.6 Å². The molecule has 2 aromatic rings. The molecular weight excluding hydrogens is 216 g/mol. The summed E-state index contributed by atoms with van der Waals surface area (Å²) in [6, 6.07) is 7.93. The zero-order valence-corrected chi connectivity index (χ0v) is 10.1. The predicted octanol–water partition coefficient (Wildman–Crippen LogP) is 1.33. The lowest BCUT2D eigenvalue weighted by Gasteiger charge is -2.08. The molecule has 0 radical (unpaired) electrons. The number of hydrogen-bond donors (Lipinski definition) is 1. The summed E-state index contributed by atoms with van der Waals surface area (Å²) in [6.07, 6.45) is 0.690. The molecule has 0 aliphatic carbocycles. The number of nitrogens with two attached hydrogens (primary N) is 1. The zero-order chi connectivity index (χ0) is 12.3. The molecule has 0 spiro atoms. The molecule has 2 rings (SSSR count). The average molecular weight is 232 g/mol. The van der Waals surface area contributed by atoms with Gasteiger partial charge in [0.25, 0.3) is 0 Å². The normalized spacial score (nSPS) is 10.5. The van der Waals surface area contributed by atoms with Crippen molar-refractivity contribution in [2.75, 3.05) is 12.3 Å². The van der Waals surface area contributed by atoms with Crippen LogP contribution < -0.4 is 10.5 Å². The Bertz CT molecular complexity index is 507. The van der Waals surface area contributed by atoms with Crippen LogP contribution in [0.5, 0.6) is 5.75 Å². The molecule has 0 unspecified atom stereocenters. The van der Waals surface area contributed by atoms with E-state index in [1.54, 1.807) is 4.57 Å². The summed E-state index contributed by atoms with van der Waals surface area (Å²) in [5.74, 6) is 2.16. The maximum Gasteiger partial charge on any atom is 0.221 e. The second-order valence-corrected chi connectivity index (χ2v) is 3.90. The van der Waals surface area contributed by atoms with Gasteiger partial charge in [-0.1, -0.05) is 18.2 Å². The van der Waals surface area contributed by atoms with Crippen LogP contribution in [0.25, 0.3) is 0 Å². The van der Waals surface area contributed by atoms with Gasteiger partial charge in [-0.15, -0.1) is 10.2 Å². The molecule has 90 valence electrons. The molecule has 0 aliphatic rings. The molecule has 0 atom stereocenters. The van der Waals surface area contributed by atoms with Gasteiger partial charge in [-0.2, -0.15) is 0 Å². The van der Waals surface area contributed by atoms with E-state index < -0.39 is 0 Å². The Balaban J connectivity index is 1.92. The number of para-hydroxylation sites is 1. The highest BCUT2D eigenvalue weighted by Crippen LogP contribution is 2.16. The molecule has 17 heavy (non-hydrogen) atoms. The first-order chi connectivity index (χ1) is 8.18. The largest absolute Gasteiger partial charge is 0.493 e. The molecule has 0 saturated carbocycles. The minimum atomic E-state index is 0.427. The van der Waals surface area contributed by atoms with Gasteiger partial charge in [0.05, 0.1) is 6.61 Å². The Kier molecular flexibility index (Phi) is 3.27. The molecule has 0 amide bonds. The van der Waals surface area contributed by atoms with Crippen LogP contribution in [0.15, 0.2) is 24.3 Å². The number of nitrogen functional groups attached to an aromatic ring is 1. The molecule has 2 N–H and O–H groups in total. The van der Waals surface area contributed by atoms with E-state index in [1.807, 2.05) is 38.2 Å². The van der Waals surface area contributed by atoms with Gasteiger partial charge in [0.2, 0.25) is 5.95 Å². The van der Waals surface area contributed by atoms with Gasteiger partial charge in [-0.3, -0.25) is 0 Å². The number of hydrogen-bond acceptors (Lipinski definition) is 4. The highest BCUT2D eigenvalue weighted by Gasteiger charge is 2.05. The van der Waals surface area contributed by atoms with E-state index in [-0.39, 0.29) is 0 Å². The summed E-state index contributed by atoms with van der Waals surface area (Å²) >= 11 is 0. The number of aromatic nitrogens is 3. The summed E-state index contributed by atoms with van der Waals surface area (Å²) in [4.78, 5) is 0. The number of anilines is 1. The molecule has 1 aromatic heterocycles. The highest BCUT2D eigenvalue weighted by molar-refractivity contribution is 5.31. The second-order valence-electron chi connectivity index (χ2n) is 3.90. The molecule has 0 fully saturated rings. The smallest absolute Gasteiger partial charge is 0.221 e. The topological polar surface area (TPSA) is 66.0 Å². The third kappa shape index (κ3) is 2.55. The third-order valence-electron chi connectivity index (χ3n) is 2.68. The van der Waals surface area contributed by atoms with Crippen molar-refractivity contribution in [3.05, 3.63) is 35.7 Å². The highest BCUT2D eigenvalue weighted by atomic mass is 16.5. The fourth-order valence-electron chi connectivity index (χ4n) is 1.56. The van der Waals surface area contributed by atoms with Crippen LogP contribution in [0.4, 0.5) is 5.95 Å². The fraction of sp³-hybridized carbons (Fsp3) is 0.333. The summed E-state index contributed by atoms with van der Waals surface area (Å²) in [5.41, 5.74) is 6.73. The summed E-state index contributed by atoms with van der Waals surface area (Å²) < 4.78 is 7.45. The first-order valence-corrected chi connectivity index (χ1v) is 5.50. The van der Waals surface area contributed by atoms with Crippen LogP contribution in [0.2, 0.25) is 0 Å². The van der Waals surface area contributed by atoms with Gasteiger partial charge >= 0.3 is 0 Å². The lowest BCUT2D eigenvalue weighted by Crippen LogP contribution is -2.08. The van der Waals surface area contributed by atoms with E-state index >= 15 is 0 Å². The van der Waals surface area contributed by atoms with Crippen molar-refractivity contribution in [3.8, 4) is 5.75 Å². The van der Waals surface area contributed by atoms with Crippen LogP contribution in [-0.2, 0) is 13.5 Å². The van der Waals surface area contributed by atoms with Crippen molar-refractivity contribution in [1.29, 1.82) is 0 Å².